The Balaban J connectivity index is 1.77. The molecule has 0 amide bonds. The number of hydrogen-bond acceptors (Lipinski definition) is 3. The molecule has 2 aromatic heterocycles. The number of fused-ring (bicyclic) bond motifs is 1. The highest BCUT2D eigenvalue weighted by Gasteiger charge is 2.34. The molecule has 8 heteroatoms. The summed E-state index contributed by atoms with van der Waals surface area (Å²) in [5, 5.41) is 11.6. The Morgan fingerprint density at radius 1 is 0.938 bits per heavy atom. The number of benzene rings is 2. The van der Waals surface area contributed by atoms with Crippen LogP contribution >= 0.6 is 0 Å². The summed E-state index contributed by atoms with van der Waals surface area (Å²) >= 11 is 0. The van der Waals surface area contributed by atoms with Crippen LogP contribution in [0.15, 0.2) is 67.0 Å². The van der Waals surface area contributed by atoms with Crippen LogP contribution in [0.4, 0.5) is 22.0 Å². The first-order chi connectivity index (χ1) is 15.2. The fourth-order valence-corrected chi connectivity index (χ4v) is 3.75. The average molecular weight is 444 g/mol. The molecule has 0 saturated heterocycles. The van der Waals surface area contributed by atoms with Gasteiger partial charge in [-0.25, -0.2) is 8.78 Å². The van der Waals surface area contributed by atoms with Gasteiger partial charge in [-0.05, 0) is 48.7 Å². The van der Waals surface area contributed by atoms with E-state index < -0.39 is 29.3 Å². The number of alkyl halides is 3. The van der Waals surface area contributed by atoms with Crippen molar-refractivity contribution in [3.63, 3.8) is 0 Å². The molecule has 3 nitrogen and oxygen atoms in total. The van der Waals surface area contributed by atoms with Crippen molar-refractivity contribution in [2.45, 2.75) is 24.9 Å². The molecule has 0 bridgehead atoms. The molecule has 4 rings (SSSR count). The minimum Gasteiger partial charge on any atom is -0.505 e. The van der Waals surface area contributed by atoms with Gasteiger partial charge < -0.3 is 5.11 Å². The van der Waals surface area contributed by atoms with E-state index in [4.69, 9.17) is 0 Å². The second kappa shape index (κ2) is 8.53. The molecule has 0 saturated carbocycles. The van der Waals surface area contributed by atoms with E-state index >= 15 is 0 Å². The van der Waals surface area contributed by atoms with Crippen molar-refractivity contribution in [1.82, 2.24) is 9.97 Å². The van der Waals surface area contributed by atoms with Gasteiger partial charge >= 0.3 is 6.18 Å². The summed E-state index contributed by atoms with van der Waals surface area (Å²) < 4.78 is 66.5. The number of nitrogens with zero attached hydrogens (tertiary/aromatic N) is 2. The predicted molar refractivity (Wildman–Crippen MR) is 109 cm³/mol. The summed E-state index contributed by atoms with van der Waals surface area (Å²) in [5.74, 6) is -2.66. The van der Waals surface area contributed by atoms with Gasteiger partial charge in [-0.1, -0.05) is 24.3 Å². The molecule has 164 valence electrons. The molecule has 0 aliphatic carbocycles. The lowest BCUT2D eigenvalue weighted by atomic mass is 9.85. The van der Waals surface area contributed by atoms with Crippen LogP contribution in [0.1, 0.15) is 34.7 Å². The molecule has 32 heavy (non-hydrogen) atoms. The summed E-state index contributed by atoms with van der Waals surface area (Å²) in [5.41, 5.74) is 0.203. The van der Waals surface area contributed by atoms with E-state index in [-0.39, 0.29) is 17.7 Å². The Hall–Kier alpha value is -3.55. The molecule has 0 spiro atoms. The highest BCUT2D eigenvalue weighted by molar-refractivity contribution is 5.85. The second-order valence-corrected chi connectivity index (χ2v) is 7.37. The number of aromatic hydroxyl groups is 1. The van der Waals surface area contributed by atoms with Gasteiger partial charge in [0.2, 0.25) is 0 Å². The summed E-state index contributed by atoms with van der Waals surface area (Å²) in [4.78, 5) is 8.18. The Morgan fingerprint density at radius 2 is 1.75 bits per heavy atom. The van der Waals surface area contributed by atoms with Gasteiger partial charge in [-0.2, -0.15) is 13.2 Å². The van der Waals surface area contributed by atoms with E-state index in [1.807, 2.05) is 0 Å². The molecule has 0 aliphatic heterocycles. The quantitative estimate of drug-likeness (QED) is 0.363. The van der Waals surface area contributed by atoms with E-state index in [0.717, 1.165) is 12.3 Å². The Morgan fingerprint density at radius 3 is 2.44 bits per heavy atom. The van der Waals surface area contributed by atoms with Crippen LogP contribution in [-0.2, 0) is 12.6 Å². The number of pyridine rings is 2. The molecule has 0 radical (unpaired) electrons. The minimum atomic E-state index is -4.81. The van der Waals surface area contributed by atoms with Gasteiger partial charge in [-0.3, -0.25) is 9.97 Å². The van der Waals surface area contributed by atoms with Crippen molar-refractivity contribution in [2.75, 3.05) is 0 Å². The first-order valence-electron chi connectivity index (χ1n) is 9.77. The van der Waals surface area contributed by atoms with E-state index in [0.29, 0.717) is 34.6 Å². The zero-order chi connectivity index (χ0) is 22.9. The van der Waals surface area contributed by atoms with Gasteiger partial charge in [0.05, 0.1) is 11.8 Å². The van der Waals surface area contributed by atoms with Gasteiger partial charge in [0.25, 0.3) is 0 Å². The molecule has 0 fully saturated rings. The summed E-state index contributed by atoms with van der Waals surface area (Å²) in [6, 6.07) is 12.4. The standard InChI is InChI=1S/C24H17F5N2O/c25-16-5-6-17(31-13-16)7-9-18(15-4-10-20(21(26)12-15)24(27,28)29)19-8-3-14-2-1-11-30-22(14)23(19)32/h1-6,8,10-13,18,32H,7,9H2. The number of hydrogen-bond donors (Lipinski definition) is 1. The normalized spacial score (nSPS) is 12.8. The second-order valence-electron chi connectivity index (χ2n) is 7.37. The third-order valence-electron chi connectivity index (χ3n) is 5.33. The van der Waals surface area contributed by atoms with Crippen molar-refractivity contribution in [1.29, 1.82) is 0 Å². The van der Waals surface area contributed by atoms with Crippen molar-refractivity contribution in [3.8, 4) is 5.75 Å². The summed E-state index contributed by atoms with van der Waals surface area (Å²) in [7, 11) is 0. The Labute approximate surface area is 180 Å². The van der Waals surface area contributed by atoms with Crippen molar-refractivity contribution < 1.29 is 27.1 Å². The van der Waals surface area contributed by atoms with Crippen LogP contribution < -0.4 is 0 Å². The van der Waals surface area contributed by atoms with E-state index in [2.05, 4.69) is 9.97 Å². The highest BCUT2D eigenvalue weighted by Crippen LogP contribution is 2.40. The zero-order valence-electron chi connectivity index (χ0n) is 16.6. The number of rotatable bonds is 5. The molecule has 0 aliphatic rings. The minimum absolute atomic E-state index is 0.125. The lowest BCUT2D eigenvalue weighted by Gasteiger charge is -2.21. The largest absolute Gasteiger partial charge is 0.505 e. The summed E-state index contributed by atoms with van der Waals surface area (Å²) in [6.07, 6.45) is -1.62. The fraction of sp³-hybridized carbons (Fsp3) is 0.167. The number of phenolic OH excluding ortho intramolecular Hbond substituents is 1. The Kier molecular flexibility index (Phi) is 5.78. The maximum Gasteiger partial charge on any atom is 0.419 e. The molecule has 1 atom stereocenters. The first-order valence-corrected chi connectivity index (χ1v) is 9.77. The maximum absolute atomic E-state index is 14.3. The number of halogens is 5. The third kappa shape index (κ3) is 4.39. The molecular formula is C24H17F5N2O. The molecule has 4 aromatic rings. The van der Waals surface area contributed by atoms with Gasteiger partial charge in [-0.15, -0.1) is 0 Å². The van der Waals surface area contributed by atoms with Crippen molar-refractivity contribution in [3.05, 3.63) is 101 Å². The van der Waals surface area contributed by atoms with Crippen LogP contribution in [0.3, 0.4) is 0 Å². The molecular weight excluding hydrogens is 427 g/mol. The molecule has 1 N–H and O–H groups in total. The lowest BCUT2D eigenvalue weighted by Crippen LogP contribution is -2.10. The van der Waals surface area contributed by atoms with Crippen molar-refractivity contribution in [2.24, 2.45) is 0 Å². The topological polar surface area (TPSA) is 46.0 Å². The average Bonchev–Trinajstić information content (AvgIpc) is 2.76. The smallest absolute Gasteiger partial charge is 0.419 e. The number of aryl methyl sites for hydroxylation is 1. The summed E-state index contributed by atoms with van der Waals surface area (Å²) in [6.45, 7) is 0. The van der Waals surface area contributed by atoms with E-state index in [1.165, 1.54) is 24.4 Å². The third-order valence-corrected chi connectivity index (χ3v) is 5.33. The number of aromatic nitrogens is 2. The highest BCUT2D eigenvalue weighted by atomic mass is 19.4. The lowest BCUT2D eigenvalue weighted by molar-refractivity contribution is -0.140. The van der Waals surface area contributed by atoms with Crippen molar-refractivity contribution >= 4 is 10.9 Å². The number of phenols is 1. The van der Waals surface area contributed by atoms with Crippen LogP contribution in [0.25, 0.3) is 10.9 Å². The van der Waals surface area contributed by atoms with Crippen LogP contribution in [0, 0.1) is 11.6 Å². The van der Waals surface area contributed by atoms with Gasteiger partial charge in [0.1, 0.15) is 22.9 Å². The zero-order valence-corrected chi connectivity index (χ0v) is 16.6. The first kappa shape index (κ1) is 21.7. The molecule has 1 unspecified atom stereocenters. The van der Waals surface area contributed by atoms with Crippen LogP contribution in [0.5, 0.6) is 5.75 Å². The SMILES string of the molecule is Oc1c(C(CCc2ccc(F)cn2)c2ccc(C(F)(F)F)c(F)c2)ccc2cccnc12. The van der Waals surface area contributed by atoms with Crippen LogP contribution in [0.2, 0.25) is 0 Å². The fourth-order valence-electron chi connectivity index (χ4n) is 3.75. The molecule has 2 aromatic carbocycles. The maximum atomic E-state index is 14.3. The van der Waals surface area contributed by atoms with E-state index in [1.54, 1.807) is 24.3 Å². The van der Waals surface area contributed by atoms with Crippen LogP contribution in [-0.4, -0.2) is 15.1 Å². The monoisotopic (exact) mass is 444 g/mol. The van der Waals surface area contributed by atoms with E-state index in [9.17, 15) is 27.1 Å². The predicted octanol–water partition coefficient (Wildman–Crippen LogP) is 6.40. The Bertz CT molecular complexity index is 1260. The van der Waals surface area contributed by atoms with Gasteiger partial charge in [0, 0.05) is 28.8 Å². The van der Waals surface area contributed by atoms with Gasteiger partial charge in [0.15, 0.2) is 0 Å². The molecule has 2 heterocycles.